The summed E-state index contributed by atoms with van der Waals surface area (Å²) in [5.74, 6) is -0.155. The second-order valence-electron chi connectivity index (χ2n) is 2.15. The smallest absolute Gasteiger partial charge is 0.387 e. The Morgan fingerprint density at radius 1 is 1.62 bits per heavy atom. The molecule has 1 N–H and O–H groups in total. The van der Waals surface area contributed by atoms with Crippen molar-refractivity contribution in [3.05, 3.63) is 23.0 Å². The molecule has 0 saturated carbocycles. The molecule has 0 aliphatic rings. The number of aromatic nitrogens is 1. The van der Waals surface area contributed by atoms with Crippen LogP contribution in [0.4, 0.5) is 8.78 Å². The van der Waals surface area contributed by atoms with E-state index in [1.165, 1.54) is 6.20 Å². The molecule has 0 aromatic carbocycles. The van der Waals surface area contributed by atoms with E-state index in [0.717, 1.165) is 6.07 Å². The number of ether oxygens (including phenoxy) is 1. The lowest BCUT2D eigenvalue weighted by Gasteiger charge is -2.07. The van der Waals surface area contributed by atoms with E-state index in [4.69, 9.17) is 16.7 Å². The molecule has 0 spiro atoms. The van der Waals surface area contributed by atoms with E-state index in [-0.39, 0.29) is 16.5 Å². The topological polar surface area (TPSA) is 42.4 Å². The first kappa shape index (κ1) is 10.1. The minimum Gasteiger partial charge on any atom is -0.434 e. The lowest BCUT2D eigenvalue weighted by molar-refractivity contribution is -0.0509. The van der Waals surface area contributed by atoms with Gasteiger partial charge in [-0.3, -0.25) is 0 Å². The van der Waals surface area contributed by atoms with Crippen LogP contribution in [0.3, 0.4) is 0 Å². The van der Waals surface area contributed by atoms with Gasteiger partial charge in [-0.1, -0.05) is 11.6 Å². The van der Waals surface area contributed by atoms with Crippen molar-refractivity contribution in [1.29, 1.82) is 0 Å². The van der Waals surface area contributed by atoms with Crippen LogP contribution in [0.1, 0.15) is 5.56 Å². The lowest BCUT2D eigenvalue weighted by atomic mass is 10.3. The number of alkyl halides is 2. The first-order valence-electron chi connectivity index (χ1n) is 3.33. The molecule has 0 atom stereocenters. The van der Waals surface area contributed by atoms with Crippen molar-refractivity contribution in [1.82, 2.24) is 4.98 Å². The van der Waals surface area contributed by atoms with E-state index in [1.807, 2.05) is 0 Å². The summed E-state index contributed by atoms with van der Waals surface area (Å²) < 4.78 is 27.7. The number of rotatable bonds is 3. The van der Waals surface area contributed by atoms with E-state index >= 15 is 0 Å². The summed E-state index contributed by atoms with van der Waals surface area (Å²) in [7, 11) is 0. The van der Waals surface area contributed by atoms with Crippen molar-refractivity contribution in [2.75, 3.05) is 0 Å². The average molecular weight is 210 g/mol. The first-order valence-corrected chi connectivity index (χ1v) is 3.71. The molecule has 0 saturated heterocycles. The lowest BCUT2D eigenvalue weighted by Crippen LogP contribution is -2.04. The van der Waals surface area contributed by atoms with E-state index < -0.39 is 13.2 Å². The molecule has 0 radical (unpaired) electrons. The van der Waals surface area contributed by atoms with Gasteiger partial charge in [-0.25, -0.2) is 4.98 Å². The van der Waals surface area contributed by atoms with E-state index in [1.54, 1.807) is 0 Å². The molecule has 0 aliphatic carbocycles. The highest BCUT2D eigenvalue weighted by atomic mass is 35.5. The molecule has 0 unspecified atom stereocenters. The maximum absolute atomic E-state index is 11.8. The third kappa shape index (κ3) is 2.78. The summed E-state index contributed by atoms with van der Waals surface area (Å²) in [4.78, 5) is 3.60. The van der Waals surface area contributed by atoms with E-state index in [0.29, 0.717) is 0 Å². The van der Waals surface area contributed by atoms with Gasteiger partial charge in [-0.2, -0.15) is 8.78 Å². The van der Waals surface area contributed by atoms with Crippen LogP contribution in [-0.4, -0.2) is 16.7 Å². The third-order valence-electron chi connectivity index (χ3n) is 1.30. The van der Waals surface area contributed by atoms with Gasteiger partial charge in [-0.05, 0) is 0 Å². The molecule has 1 aromatic heterocycles. The Kier molecular flexibility index (Phi) is 3.39. The second-order valence-corrected chi connectivity index (χ2v) is 2.54. The maximum Gasteiger partial charge on any atom is 0.387 e. The predicted molar refractivity (Wildman–Crippen MR) is 41.8 cm³/mol. The number of aliphatic hydroxyl groups excluding tert-OH is 1. The standard InChI is InChI=1S/C7H6ClF2NO2/c8-6-1-5(13-7(9)10)4(3-12)2-11-6/h1-2,7,12H,3H2. The third-order valence-corrected chi connectivity index (χ3v) is 1.50. The van der Waals surface area contributed by atoms with Gasteiger partial charge in [0.2, 0.25) is 0 Å². The average Bonchev–Trinajstić information content (AvgIpc) is 2.03. The van der Waals surface area contributed by atoms with Crippen molar-refractivity contribution < 1.29 is 18.6 Å². The number of hydrogen-bond acceptors (Lipinski definition) is 3. The van der Waals surface area contributed by atoms with Crippen LogP contribution in [0.5, 0.6) is 5.75 Å². The number of hydrogen-bond donors (Lipinski definition) is 1. The fraction of sp³-hybridized carbons (Fsp3) is 0.286. The fourth-order valence-electron chi connectivity index (χ4n) is 0.766. The van der Waals surface area contributed by atoms with E-state index in [2.05, 4.69) is 9.72 Å². The van der Waals surface area contributed by atoms with Crippen LogP contribution in [0, 0.1) is 0 Å². The van der Waals surface area contributed by atoms with Gasteiger partial charge in [-0.15, -0.1) is 0 Å². The highest BCUT2D eigenvalue weighted by Gasteiger charge is 2.10. The van der Waals surface area contributed by atoms with Crippen LogP contribution >= 0.6 is 11.6 Å². The monoisotopic (exact) mass is 209 g/mol. The van der Waals surface area contributed by atoms with E-state index in [9.17, 15) is 8.78 Å². The zero-order valence-electron chi connectivity index (χ0n) is 6.38. The minimum absolute atomic E-state index is 0.0350. The van der Waals surface area contributed by atoms with Gasteiger partial charge in [0.1, 0.15) is 10.9 Å². The zero-order valence-corrected chi connectivity index (χ0v) is 7.13. The Labute approximate surface area is 77.9 Å². The summed E-state index contributed by atoms with van der Waals surface area (Å²) in [5.41, 5.74) is 0.171. The summed E-state index contributed by atoms with van der Waals surface area (Å²) in [6, 6.07) is 1.12. The van der Waals surface area contributed by atoms with Gasteiger partial charge in [0.15, 0.2) is 0 Å². The SMILES string of the molecule is OCc1cnc(Cl)cc1OC(F)F. The quantitative estimate of drug-likeness (QED) is 0.773. The summed E-state index contributed by atoms with van der Waals surface area (Å²) in [6.45, 7) is -3.37. The Morgan fingerprint density at radius 2 is 2.31 bits per heavy atom. The number of pyridine rings is 1. The molecule has 13 heavy (non-hydrogen) atoms. The normalized spacial score (nSPS) is 10.5. The van der Waals surface area contributed by atoms with Crippen LogP contribution in [-0.2, 0) is 6.61 Å². The molecule has 0 aliphatic heterocycles. The van der Waals surface area contributed by atoms with Gasteiger partial charge in [0.25, 0.3) is 0 Å². The largest absolute Gasteiger partial charge is 0.434 e. The first-order chi connectivity index (χ1) is 6.13. The van der Waals surface area contributed by atoms with Crippen molar-refractivity contribution in [3.63, 3.8) is 0 Å². The molecule has 1 heterocycles. The second kappa shape index (κ2) is 4.34. The van der Waals surface area contributed by atoms with Crippen LogP contribution in [0.25, 0.3) is 0 Å². The Balaban J connectivity index is 2.94. The molecule has 1 rings (SSSR count). The maximum atomic E-state index is 11.8. The molecule has 0 bridgehead atoms. The number of nitrogens with zero attached hydrogens (tertiary/aromatic N) is 1. The molecule has 0 fully saturated rings. The molecule has 1 aromatic rings. The van der Waals surface area contributed by atoms with Crippen molar-refractivity contribution in [2.24, 2.45) is 0 Å². The summed E-state index contributed by atoms with van der Waals surface area (Å²) in [6.07, 6.45) is 1.18. The van der Waals surface area contributed by atoms with Gasteiger partial charge >= 0.3 is 6.61 Å². The Hall–Kier alpha value is -0.940. The molecule has 6 heteroatoms. The van der Waals surface area contributed by atoms with Crippen LogP contribution < -0.4 is 4.74 Å². The predicted octanol–water partition coefficient (Wildman–Crippen LogP) is 1.83. The molecule has 3 nitrogen and oxygen atoms in total. The molecule has 72 valence electrons. The fourth-order valence-corrected chi connectivity index (χ4v) is 0.914. The molecular weight excluding hydrogens is 204 g/mol. The van der Waals surface area contributed by atoms with Crippen LogP contribution in [0.15, 0.2) is 12.3 Å². The van der Waals surface area contributed by atoms with Crippen molar-refractivity contribution >= 4 is 11.6 Å². The summed E-state index contributed by atoms with van der Waals surface area (Å²) >= 11 is 5.44. The Bertz CT molecular complexity index is 296. The molecule has 0 amide bonds. The Morgan fingerprint density at radius 3 is 2.85 bits per heavy atom. The van der Waals surface area contributed by atoms with Gasteiger partial charge in [0, 0.05) is 17.8 Å². The molecular formula is C7H6ClF2NO2. The highest BCUT2D eigenvalue weighted by Crippen LogP contribution is 2.22. The highest BCUT2D eigenvalue weighted by molar-refractivity contribution is 6.29. The van der Waals surface area contributed by atoms with Crippen molar-refractivity contribution in [2.45, 2.75) is 13.2 Å². The van der Waals surface area contributed by atoms with Gasteiger partial charge < -0.3 is 9.84 Å². The number of aliphatic hydroxyl groups is 1. The zero-order chi connectivity index (χ0) is 9.84. The minimum atomic E-state index is -2.94. The van der Waals surface area contributed by atoms with Crippen molar-refractivity contribution in [3.8, 4) is 5.75 Å². The summed E-state index contributed by atoms with van der Waals surface area (Å²) in [5, 5.41) is 8.75. The number of halogens is 3. The van der Waals surface area contributed by atoms with Gasteiger partial charge in [0.05, 0.1) is 6.61 Å². The van der Waals surface area contributed by atoms with Crippen LogP contribution in [0.2, 0.25) is 5.15 Å².